The number of hydrazine groups is 1. The fourth-order valence-corrected chi connectivity index (χ4v) is 3.77. The van der Waals surface area contributed by atoms with Crippen molar-refractivity contribution in [1.82, 2.24) is 15.4 Å². The highest BCUT2D eigenvalue weighted by Crippen LogP contribution is 2.34. The van der Waals surface area contributed by atoms with E-state index < -0.39 is 12.8 Å². The Bertz CT molecular complexity index is 766. The second-order valence-electron chi connectivity index (χ2n) is 7.48. The lowest BCUT2D eigenvalue weighted by atomic mass is 9.90. The number of halogens is 4. The predicted molar refractivity (Wildman–Crippen MR) is 103 cm³/mol. The van der Waals surface area contributed by atoms with Crippen LogP contribution in [0.5, 0.6) is 5.75 Å². The molecular formula is C20H25ClF3N3O. The summed E-state index contributed by atoms with van der Waals surface area (Å²) < 4.78 is 41.9. The maximum atomic E-state index is 12.4. The number of hydrogen-bond acceptors (Lipinski definition) is 4. The summed E-state index contributed by atoms with van der Waals surface area (Å²) in [5.41, 5.74) is 5.91. The first-order valence-corrected chi connectivity index (χ1v) is 9.82. The van der Waals surface area contributed by atoms with Crippen LogP contribution in [-0.4, -0.2) is 34.2 Å². The fraction of sp³-hybridized carbons (Fsp3) is 0.550. The molecule has 4 nitrogen and oxygen atoms in total. The molecule has 1 aromatic rings. The highest BCUT2D eigenvalue weighted by molar-refractivity contribution is 6.22. The third-order valence-electron chi connectivity index (χ3n) is 5.19. The molecule has 3 rings (SSSR count). The Kier molecular flexibility index (Phi) is 6.25. The molecule has 154 valence electrons. The molecule has 0 fully saturated rings. The largest absolute Gasteiger partial charge is 0.482 e. The molecule has 4 atom stereocenters. The Morgan fingerprint density at radius 2 is 2.18 bits per heavy atom. The topological polar surface area (TPSA) is 37.4 Å². The molecule has 2 heterocycles. The summed E-state index contributed by atoms with van der Waals surface area (Å²) in [6.07, 6.45) is 5.37. The average molecular weight is 416 g/mol. The van der Waals surface area contributed by atoms with Crippen LogP contribution in [0.15, 0.2) is 36.2 Å². The highest BCUT2D eigenvalue weighted by Gasteiger charge is 2.33. The van der Waals surface area contributed by atoms with Gasteiger partial charge < -0.3 is 9.75 Å². The SMILES string of the molecule is Cc1cc(C(C)N2C=C3C(/C=C\CCC(C)C3Cl)N2)ncc1OCC(F)(F)F. The van der Waals surface area contributed by atoms with Crippen LogP contribution < -0.4 is 10.2 Å². The Morgan fingerprint density at radius 3 is 2.86 bits per heavy atom. The maximum absolute atomic E-state index is 12.4. The van der Waals surface area contributed by atoms with Gasteiger partial charge in [-0.25, -0.2) is 5.43 Å². The molecule has 1 aromatic heterocycles. The minimum atomic E-state index is -4.37. The summed E-state index contributed by atoms with van der Waals surface area (Å²) in [6.45, 7) is 4.53. The van der Waals surface area contributed by atoms with Gasteiger partial charge in [0, 0.05) is 6.20 Å². The third kappa shape index (κ3) is 4.81. The summed E-state index contributed by atoms with van der Waals surface area (Å²) in [6, 6.07) is 1.68. The van der Waals surface area contributed by atoms with Crippen molar-refractivity contribution in [2.45, 2.75) is 57.2 Å². The Hall–Kier alpha value is -1.73. The van der Waals surface area contributed by atoms with Crippen molar-refractivity contribution in [2.24, 2.45) is 5.92 Å². The van der Waals surface area contributed by atoms with E-state index in [1.165, 1.54) is 6.20 Å². The van der Waals surface area contributed by atoms with Crippen molar-refractivity contribution in [2.75, 3.05) is 6.61 Å². The Balaban J connectivity index is 1.75. The van der Waals surface area contributed by atoms with Gasteiger partial charge in [0.05, 0.1) is 29.4 Å². The molecule has 1 N–H and O–H groups in total. The van der Waals surface area contributed by atoms with E-state index in [1.807, 2.05) is 18.1 Å². The van der Waals surface area contributed by atoms with Crippen LogP contribution in [0, 0.1) is 12.8 Å². The van der Waals surface area contributed by atoms with Crippen molar-refractivity contribution in [3.63, 3.8) is 0 Å². The van der Waals surface area contributed by atoms with Crippen molar-refractivity contribution in [3.05, 3.63) is 47.4 Å². The monoisotopic (exact) mass is 415 g/mol. The van der Waals surface area contributed by atoms with Crippen LogP contribution in [0.3, 0.4) is 0 Å². The standard InChI is InChI=1S/C20H25ClF3N3O/c1-12-6-4-5-7-16-15(19(12)21)10-27(26-16)14(3)17-8-13(2)18(9-25-17)28-11-20(22,23)24/h5,7-10,12,14,16,19,26H,4,6,11H2,1-3H3/b7-5-. The summed E-state index contributed by atoms with van der Waals surface area (Å²) in [5.74, 6) is 0.517. The van der Waals surface area contributed by atoms with Crippen molar-refractivity contribution >= 4 is 11.6 Å². The molecule has 0 aromatic carbocycles. The molecule has 8 heteroatoms. The van der Waals surface area contributed by atoms with E-state index in [-0.39, 0.29) is 23.2 Å². The van der Waals surface area contributed by atoms with E-state index in [4.69, 9.17) is 16.3 Å². The molecule has 0 amide bonds. The van der Waals surface area contributed by atoms with E-state index in [0.29, 0.717) is 11.5 Å². The van der Waals surface area contributed by atoms with Crippen LogP contribution in [0.4, 0.5) is 13.2 Å². The lowest BCUT2D eigenvalue weighted by molar-refractivity contribution is -0.153. The van der Waals surface area contributed by atoms with E-state index in [2.05, 4.69) is 29.5 Å². The van der Waals surface area contributed by atoms with E-state index in [0.717, 1.165) is 24.1 Å². The van der Waals surface area contributed by atoms with Crippen molar-refractivity contribution in [3.8, 4) is 5.75 Å². The maximum Gasteiger partial charge on any atom is 0.422 e. The summed E-state index contributed by atoms with van der Waals surface area (Å²) >= 11 is 6.69. The Labute approximate surface area is 168 Å². The van der Waals surface area contributed by atoms with Crippen molar-refractivity contribution in [1.29, 1.82) is 0 Å². The number of rotatable bonds is 4. The van der Waals surface area contributed by atoms with Gasteiger partial charge in [0.1, 0.15) is 5.75 Å². The molecular weight excluding hydrogens is 391 g/mol. The molecule has 0 bridgehead atoms. The predicted octanol–water partition coefficient (Wildman–Crippen LogP) is 5.06. The van der Waals surface area contributed by atoms with Gasteiger partial charge in [-0.3, -0.25) is 4.98 Å². The fourth-order valence-electron chi connectivity index (χ4n) is 3.45. The first-order valence-electron chi connectivity index (χ1n) is 9.38. The molecule has 0 saturated carbocycles. The van der Waals surface area contributed by atoms with Gasteiger partial charge in [-0.2, -0.15) is 13.2 Å². The molecule has 1 aliphatic heterocycles. The number of hydrogen-bond donors (Lipinski definition) is 1. The van der Waals surface area contributed by atoms with E-state index in [1.54, 1.807) is 13.0 Å². The van der Waals surface area contributed by atoms with Crippen LogP contribution in [0.2, 0.25) is 0 Å². The lowest BCUT2D eigenvalue weighted by Crippen LogP contribution is -2.38. The Morgan fingerprint density at radius 1 is 1.43 bits per heavy atom. The number of nitrogens with one attached hydrogen (secondary N) is 1. The number of aromatic nitrogens is 1. The lowest BCUT2D eigenvalue weighted by Gasteiger charge is -2.26. The molecule has 2 aliphatic rings. The number of aryl methyl sites for hydroxylation is 1. The number of alkyl halides is 4. The minimum absolute atomic E-state index is 0.0446. The molecule has 4 unspecified atom stereocenters. The van der Waals surface area contributed by atoms with Crippen LogP contribution in [0.1, 0.15) is 44.0 Å². The number of ether oxygens (including phenoxy) is 1. The van der Waals surface area contributed by atoms with E-state index in [9.17, 15) is 13.2 Å². The van der Waals surface area contributed by atoms with Gasteiger partial charge in [0.25, 0.3) is 0 Å². The number of fused-ring (bicyclic) bond motifs is 1. The normalized spacial score (nSPS) is 27.5. The first kappa shape index (κ1) is 21.0. The molecule has 0 spiro atoms. The van der Waals surface area contributed by atoms with Gasteiger partial charge in [0.2, 0.25) is 0 Å². The summed E-state index contributed by atoms with van der Waals surface area (Å²) in [7, 11) is 0. The average Bonchev–Trinajstić information content (AvgIpc) is 3.04. The quantitative estimate of drug-likeness (QED) is 0.551. The third-order valence-corrected chi connectivity index (χ3v) is 5.87. The van der Waals surface area contributed by atoms with Gasteiger partial charge in [-0.1, -0.05) is 19.1 Å². The number of nitrogens with zero attached hydrogens (tertiary/aromatic N) is 2. The summed E-state index contributed by atoms with van der Waals surface area (Å²) in [4.78, 5) is 4.32. The van der Waals surface area contributed by atoms with Gasteiger partial charge in [0.15, 0.2) is 6.61 Å². The zero-order valence-electron chi connectivity index (χ0n) is 16.1. The molecule has 28 heavy (non-hydrogen) atoms. The van der Waals surface area contributed by atoms with Crippen molar-refractivity contribution < 1.29 is 17.9 Å². The molecule has 1 aliphatic carbocycles. The molecule has 0 radical (unpaired) electrons. The highest BCUT2D eigenvalue weighted by atomic mass is 35.5. The van der Waals surface area contributed by atoms with Gasteiger partial charge >= 0.3 is 6.18 Å². The van der Waals surface area contributed by atoms with Crippen LogP contribution >= 0.6 is 11.6 Å². The second-order valence-corrected chi connectivity index (χ2v) is 7.95. The van der Waals surface area contributed by atoms with Crippen LogP contribution in [0.25, 0.3) is 0 Å². The summed E-state index contributed by atoms with van der Waals surface area (Å²) in [5, 5.41) is 1.92. The van der Waals surface area contributed by atoms with E-state index >= 15 is 0 Å². The van der Waals surface area contributed by atoms with Gasteiger partial charge in [-0.15, -0.1) is 11.6 Å². The minimum Gasteiger partial charge on any atom is -0.482 e. The van der Waals surface area contributed by atoms with Crippen LogP contribution in [-0.2, 0) is 0 Å². The molecule has 0 saturated heterocycles. The zero-order valence-corrected chi connectivity index (χ0v) is 16.9. The zero-order chi connectivity index (χ0) is 20.5. The first-order chi connectivity index (χ1) is 13.2. The number of allylic oxidation sites excluding steroid dienone is 1. The smallest absolute Gasteiger partial charge is 0.422 e. The second kappa shape index (κ2) is 8.33. The van der Waals surface area contributed by atoms with Gasteiger partial charge in [-0.05, 0) is 49.8 Å². The number of pyridine rings is 1.